The van der Waals surface area contributed by atoms with Crippen LogP contribution in [0.4, 0.5) is 0 Å². The van der Waals surface area contributed by atoms with Gasteiger partial charge in [-0.15, -0.1) is 0 Å². The summed E-state index contributed by atoms with van der Waals surface area (Å²) in [7, 11) is 1.59. The molecule has 0 amide bonds. The van der Waals surface area contributed by atoms with E-state index < -0.39 is 9.05 Å². The molecule has 0 spiro atoms. The summed E-state index contributed by atoms with van der Waals surface area (Å²) in [5.74, 6) is 3.02. The number of rotatable bonds is 3. The van der Waals surface area contributed by atoms with E-state index in [4.69, 9.17) is 10.7 Å². The predicted molar refractivity (Wildman–Crippen MR) is 58.6 cm³/mol. The van der Waals surface area contributed by atoms with Crippen molar-refractivity contribution < 1.29 is 8.42 Å². The molecule has 76 valence electrons. The topological polar surface area (TPSA) is 34.1 Å². The van der Waals surface area contributed by atoms with E-state index >= 15 is 0 Å². The molecule has 0 bridgehead atoms. The number of hydrogen-bond donors (Lipinski definition) is 0. The van der Waals surface area contributed by atoms with Crippen LogP contribution in [0.25, 0.3) is 0 Å². The maximum absolute atomic E-state index is 10.5. The van der Waals surface area contributed by atoms with Gasteiger partial charge in [-0.25, -0.2) is 8.42 Å². The van der Waals surface area contributed by atoms with Gasteiger partial charge in [0, 0.05) is 16.1 Å². The van der Waals surface area contributed by atoms with Crippen molar-refractivity contribution in [3.8, 4) is 0 Å². The van der Waals surface area contributed by atoms with Gasteiger partial charge in [-0.2, -0.15) is 11.8 Å². The average molecular weight is 241 g/mol. The summed E-state index contributed by atoms with van der Waals surface area (Å²) < 4.78 is 21.1. The smallest absolute Gasteiger partial charge is 0.208 e. The summed E-state index contributed by atoms with van der Waals surface area (Å²) >= 11 is 1.94. The highest BCUT2D eigenvalue weighted by Gasteiger charge is 2.11. The first kappa shape index (κ1) is 11.4. The zero-order valence-corrected chi connectivity index (χ0v) is 9.67. The molecule has 0 saturated carbocycles. The van der Waals surface area contributed by atoms with E-state index in [9.17, 15) is 8.42 Å². The fourth-order valence-corrected chi connectivity index (χ4v) is 3.09. The molecule has 2 nitrogen and oxygen atoms in total. The van der Waals surface area contributed by atoms with E-state index in [1.807, 2.05) is 11.8 Å². The third kappa shape index (κ3) is 5.60. The fraction of sp³-hybridized carbons (Fsp3) is 0.750. The van der Waals surface area contributed by atoms with Gasteiger partial charge in [0.25, 0.3) is 9.05 Å². The quantitative estimate of drug-likeness (QED) is 0.712. The van der Waals surface area contributed by atoms with Crippen LogP contribution in [-0.4, -0.2) is 19.9 Å². The van der Waals surface area contributed by atoms with Gasteiger partial charge in [0.05, 0.1) is 0 Å². The Hall–Kier alpha value is 0.330. The van der Waals surface area contributed by atoms with Crippen molar-refractivity contribution in [1.29, 1.82) is 0 Å². The van der Waals surface area contributed by atoms with Crippen LogP contribution in [0.2, 0.25) is 0 Å². The summed E-state index contributed by atoms with van der Waals surface area (Å²) in [6.45, 7) is 0. The minimum absolute atomic E-state index is 0.633. The van der Waals surface area contributed by atoms with Gasteiger partial charge in [0.2, 0.25) is 0 Å². The zero-order valence-electron chi connectivity index (χ0n) is 7.28. The van der Waals surface area contributed by atoms with Crippen LogP contribution in [-0.2, 0) is 9.05 Å². The van der Waals surface area contributed by atoms with Crippen LogP contribution in [0.5, 0.6) is 0 Å². The number of hydrogen-bond acceptors (Lipinski definition) is 3. The minimum atomic E-state index is -3.44. The molecule has 1 aliphatic rings. The highest BCUT2D eigenvalue weighted by atomic mass is 35.7. The van der Waals surface area contributed by atoms with Crippen molar-refractivity contribution in [3.05, 3.63) is 11.5 Å². The number of allylic oxidation sites excluding steroid dienone is 1. The first-order valence-corrected chi connectivity index (χ1v) is 7.79. The fourth-order valence-electron chi connectivity index (χ4n) is 1.36. The van der Waals surface area contributed by atoms with Gasteiger partial charge >= 0.3 is 0 Å². The Morgan fingerprint density at radius 2 is 2.31 bits per heavy atom. The number of thioether (sulfide) groups is 1. The van der Waals surface area contributed by atoms with Gasteiger partial charge in [-0.3, -0.25) is 0 Å². The van der Waals surface area contributed by atoms with Crippen molar-refractivity contribution in [2.75, 3.05) is 11.5 Å². The first-order valence-electron chi connectivity index (χ1n) is 4.27. The Morgan fingerprint density at radius 1 is 1.54 bits per heavy atom. The molecular weight excluding hydrogens is 228 g/mol. The second-order valence-electron chi connectivity index (χ2n) is 3.17. The molecule has 0 aromatic carbocycles. The monoisotopic (exact) mass is 240 g/mol. The minimum Gasteiger partial charge on any atom is -0.208 e. The van der Waals surface area contributed by atoms with Gasteiger partial charge in [0.15, 0.2) is 0 Å². The van der Waals surface area contributed by atoms with Crippen LogP contribution < -0.4 is 0 Å². The lowest BCUT2D eigenvalue weighted by Crippen LogP contribution is -2.09. The molecule has 1 heterocycles. The van der Waals surface area contributed by atoms with Crippen molar-refractivity contribution in [2.45, 2.75) is 19.3 Å². The van der Waals surface area contributed by atoms with E-state index in [0.717, 1.165) is 17.6 Å². The molecule has 1 atom stereocenters. The molecule has 1 unspecified atom stereocenters. The summed E-state index contributed by atoms with van der Waals surface area (Å²) in [6.07, 6.45) is 4.95. The van der Waals surface area contributed by atoms with Crippen LogP contribution >= 0.6 is 22.4 Å². The summed E-state index contributed by atoms with van der Waals surface area (Å²) in [6, 6.07) is 0. The van der Waals surface area contributed by atoms with Gasteiger partial charge < -0.3 is 0 Å². The highest BCUT2D eigenvalue weighted by molar-refractivity contribution is 8.16. The van der Waals surface area contributed by atoms with E-state index in [1.165, 1.54) is 18.6 Å². The maximum atomic E-state index is 10.5. The Bertz CT molecular complexity index is 266. The molecular formula is C8H13ClO2S2. The van der Waals surface area contributed by atoms with Gasteiger partial charge in [-0.1, -0.05) is 6.08 Å². The molecule has 0 N–H and O–H groups in total. The second-order valence-corrected chi connectivity index (χ2v) is 6.83. The van der Waals surface area contributed by atoms with E-state index in [0.29, 0.717) is 5.92 Å². The normalized spacial score (nSPS) is 25.2. The molecule has 1 fully saturated rings. The third-order valence-corrected chi connectivity index (χ3v) is 4.09. The Balaban J connectivity index is 2.29. The summed E-state index contributed by atoms with van der Waals surface area (Å²) in [5.41, 5.74) is 0. The average Bonchev–Trinajstić information content (AvgIpc) is 2.04. The van der Waals surface area contributed by atoms with Crippen molar-refractivity contribution in [3.63, 3.8) is 0 Å². The van der Waals surface area contributed by atoms with Crippen molar-refractivity contribution in [2.24, 2.45) is 5.92 Å². The molecule has 13 heavy (non-hydrogen) atoms. The SMILES string of the molecule is O=S(=O)(Cl)/C=C\CC1CCCSC1. The van der Waals surface area contributed by atoms with Crippen LogP contribution in [0.3, 0.4) is 0 Å². The molecule has 1 saturated heterocycles. The highest BCUT2D eigenvalue weighted by Crippen LogP contribution is 2.25. The summed E-state index contributed by atoms with van der Waals surface area (Å²) in [4.78, 5) is 0. The van der Waals surface area contributed by atoms with Crippen LogP contribution in [0.15, 0.2) is 11.5 Å². The largest absolute Gasteiger partial charge is 0.254 e. The lowest BCUT2D eigenvalue weighted by molar-refractivity contribution is 0.530. The number of halogens is 1. The molecule has 5 heteroatoms. The molecule has 0 aliphatic carbocycles. The van der Waals surface area contributed by atoms with Crippen LogP contribution in [0, 0.1) is 5.92 Å². The second kappa shape index (κ2) is 5.27. The molecule has 0 aromatic rings. The Labute approximate surface area is 88.2 Å². The molecule has 1 aliphatic heterocycles. The van der Waals surface area contributed by atoms with Gasteiger partial charge in [0.1, 0.15) is 0 Å². The van der Waals surface area contributed by atoms with E-state index in [1.54, 1.807) is 6.08 Å². The van der Waals surface area contributed by atoms with Crippen LogP contribution in [0.1, 0.15) is 19.3 Å². The lowest BCUT2D eigenvalue weighted by Gasteiger charge is -2.19. The Morgan fingerprint density at radius 3 is 2.85 bits per heavy atom. The standard InChI is InChI=1S/C8H13ClO2S2/c9-13(10,11)6-2-4-8-3-1-5-12-7-8/h2,6,8H,1,3-5,7H2/b6-2-. The zero-order chi connectivity index (χ0) is 9.73. The van der Waals surface area contributed by atoms with Crippen molar-refractivity contribution >= 4 is 31.5 Å². The molecule has 1 rings (SSSR count). The lowest BCUT2D eigenvalue weighted by atomic mass is 10.0. The van der Waals surface area contributed by atoms with E-state index in [2.05, 4.69) is 0 Å². The van der Waals surface area contributed by atoms with E-state index in [-0.39, 0.29) is 0 Å². The van der Waals surface area contributed by atoms with Gasteiger partial charge in [-0.05, 0) is 36.7 Å². The maximum Gasteiger partial charge on any atom is 0.254 e. The first-order chi connectivity index (χ1) is 6.08. The Kier molecular flexibility index (Phi) is 4.62. The molecule has 0 aromatic heterocycles. The third-order valence-electron chi connectivity index (χ3n) is 1.98. The predicted octanol–water partition coefficient (Wildman–Crippen LogP) is 2.60. The van der Waals surface area contributed by atoms with Crippen molar-refractivity contribution in [1.82, 2.24) is 0 Å². The molecule has 0 radical (unpaired) electrons. The summed E-state index contributed by atoms with van der Waals surface area (Å²) in [5, 5.41) is 1.09.